The highest BCUT2D eigenvalue weighted by Gasteiger charge is 2.12. The third-order valence-corrected chi connectivity index (χ3v) is 3.37. The molecular weight excluding hydrogens is 282 g/mol. The molecule has 22 heavy (non-hydrogen) atoms. The van der Waals surface area contributed by atoms with Crippen LogP contribution in [0.15, 0.2) is 47.7 Å². The first-order chi connectivity index (χ1) is 10.6. The summed E-state index contributed by atoms with van der Waals surface area (Å²) in [7, 11) is 1.71. The number of pyridine rings is 2. The molecule has 0 saturated carbocycles. The second kappa shape index (κ2) is 5.48. The maximum absolute atomic E-state index is 11.7. The Morgan fingerprint density at radius 1 is 1.23 bits per heavy atom. The predicted molar refractivity (Wildman–Crippen MR) is 81.8 cm³/mol. The molecule has 0 aliphatic heterocycles. The molecule has 0 amide bonds. The molecule has 0 spiro atoms. The molecule has 0 fully saturated rings. The van der Waals surface area contributed by atoms with Gasteiger partial charge in [-0.1, -0.05) is 0 Å². The predicted octanol–water partition coefficient (Wildman–Crippen LogP) is 1.88. The normalized spacial score (nSPS) is 10.8. The summed E-state index contributed by atoms with van der Waals surface area (Å²) in [4.78, 5) is 27.7. The van der Waals surface area contributed by atoms with Crippen LogP contribution in [-0.2, 0) is 11.8 Å². The van der Waals surface area contributed by atoms with Crippen molar-refractivity contribution in [2.24, 2.45) is 7.05 Å². The lowest BCUT2D eigenvalue weighted by Crippen LogP contribution is -2.14. The summed E-state index contributed by atoms with van der Waals surface area (Å²) in [5.41, 5.74) is 2.53. The minimum absolute atomic E-state index is 0.0737. The number of aromatic nitrogens is 3. The summed E-state index contributed by atoms with van der Waals surface area (Å²) < 4.78 is 8.20. The van der Waals surface area contributed by atoms with E-state index >= 15 is 0 Å². The van der Waals surface area contributed by atoms with Gasteiger partial charge >= 0.3 is 5.97 Å². The maximum atomic E-state index is 11.7. The highest BCUT2D eigenvalue weighted by atomic mass is 16.5. The Kier molecular flexibility index (Phi) is 3.50. The summed E-state index contributed by atoms with van der Waals surface area (Å²) in [5, 5.41) is 0. The van der Waals surface area contributed by atoms with Gasteiger partial charge in [-0.2, -0.15) is 0 Å². The number of aryl methyl sites for hydroxylation is 1. The van der Waals surface area contributed by atoms with Gasteiger partial charge in [-0.25, -0.2) is 9.78 Å². The van der Waals surface area contributed by atoms with Gasteiger partial charge in [0.1, 0.15) is 5.65 Å². The van der Waals surface area contributed by atoms with Crippen molar-refractivity contribution in [2.45, 2.75) is 6.92 Å². The molecule has 0 aliphatic rings. The van der Waals surface area contributed by atoms with Crippen LogP contribution in [0.2, 0.25) is 0 Å². The van der Waals surface area contributed by atoms with Crippen LogP contribution in [-0.4, -0.2) is 26.5 Å². The van der Waals surface area contributed by atoms with Gasteiger partial charge in [0.2, 0.25) is 0 Å². The average Bonchev–Trinajstić information content (AvgIpc) is 2.93. The van der Waals surface area contributed by atoms with E-state index in [4.69, 9.17) is 4.74 Å². The van der Waals surface area contributed by atoms with E-state index in [1.54, 1.807) is 42.9 Å². The molecule has 0 unspecified atom stereocenters. The Morgan fingerprint density at radius 2 is 2.05 bits per heavy atom. The molecule has 0 aromatic carbocycles. The molecule has 0 radical (unpaired) electrons. The van der Waals surface area contributed by atoms with Crippen molar-refractivity contribution >= 4 is 11.6 Å². The summed E-state index contributed by atoms with van der Waals surface area (Å²) in [6.07, 6.45) is 5.18. The zero-order valence-corrected chi connectivity index (χ0v) is 12.3. The Morgan fingerprint density at radius 3 is 2.77 bits per heavy atom. The van der Waals surface area contributed by atoms with Gasteiger partial charge < -0.3 is 13.7 Å². The van der Waals surface area contributed by atoms with Crippen LogP contribution in [0, 0.1) is 0 Å². The highest BCUT2D eigenvalue weighted by Crippen LogP contribution is 2.18. The van der Waals surface area contributed by atoms with E-state index in [0.717, 1.165) is 11.1 Å². The number of fused-ring (bicyclic) bond motifs is 1. The monoisotopic (exact) mass is 297 g/mol. The molecule has 3 aromatic rings. The Hall–Kier alpha value is -2.89. The number of hydrogen-bond acceptors (Lipinski definition) is 4. The van der Waals surface area contributed by atoms with Crippen LogP contribution in [0.1, 0.15) is 17.4 Å². The first kappa shape index (κ1) is 14.1. The molecule has 0 saturated heterocycles. The maximum Gasteiger partial charge on any atom is 0.358 e. The van der Waals surface area contributed by atoms with Crippen molar-refractivity contribution in [3.63, 3.8) is 0 Å². The number of carbonyl (C=O) groups is 1. The number of rotatable bonds is 3. The van der Waals surface area contributed by atoms with E-state index in [2.05, 4.69) is 4.98 Å². The molecule has 0 N–H and O–H groups in total. The molecule has 0 atom stereocenters. The van der Waals surface area contributed by atoms with E-state index in [9.17, 15) is 9.59 Å². The largest absolute Gasteiger partial charge is 0.461 e. The minimum Gasteiger partial charge on any atom is -0.461 e. The number of carbonyl (C=O) groups excluding carboxylic acids is 1. The van der Waals surface area contributed by atoms with Crippen LogP contribution >= 0.6 is 0 Å². The smallest absolute Gasteiger partial charge is 0.358 e. The molecule has 6 heteroatoms. The van der Waals surface area contributed by atoms with Crippen LogP contribution in [0.5, 0.6) is 0 Å². The molecule has 0 aliphatic carbocycles. The van der Waals surface area contributed by atoms with E-state index in [0.29, 0.717) is 12.3 Å². The molecule has 112 valence electrons. The molecule has 3 aromatic heterocycles. The van der Waals surface area contributed by atoms with Gasteiger partial charge in [-0.3, -0.25) is 4.79 Å². The quantitative estimate of drug-likeness (QED) is 0.692. The van der Waals surface area contributed by atoms with Gasteiger partial charge in [-0.05, 0) is 36.2 Å². The van der Waals surface area contributed by atoms with Gasteiger partial charge in [0.25, 0.3) is 5.56 Å². The highest BCUT2D eigenvalue weighted by molar-refractivity contribution is 5.88. The fourth-order valence-electron chi connectivity index (χ4n) is 2.19. The first-order valence-electron chi connectivity index (χ1n) is 6.91. The standard InChI is InChI=1S/C16H15N3O3/c1-3-22-16(21)13-10-19-9-12(4-5-14(19)17-13)11-6-7-18(2)15(20)8-11/h4-10H,3H2,1-2H3. The molecule has 6 nitrogen and oxygen atoms in total. The van der Waals surface area contributed by atoms with Gasteiger partial charge in [0.05, 0.1) is 6.61 Å². The fourth-order valence-corrected chi connectivity index (χ4v) is 2.19. The van der Waals surface area contributed by atoms with E-state index in [1.807, 2.05) is 18.3 Å². The number of hydrogen-bond donors (Lipinski definition) is 0. The van der Waals surface area contributed by atoms with Crippen molar-refractivity contribution < 1.29 is 9.53 Å². The average molecular weight is 297 g/mol. The summed E-state index contributed by atoms with van der Waals surface area (Å²) in [6.45, 7) is 2.06. The van der Waals surface area contributed by atoms with Crippen molar-refractivity contribution in [2.75, 3.05) is 6.61 Å². The van der Waals surface area contributed by atoms with Gasteiger partial charge in [-0.15, -0.1) is 0 Å². The molecule has 0 bridgehead atoms. The fraction of sp³-hybridized carbons (Fsp3) is 0.188. The zero-order valence-electron chi connectivity index (χ0n) is 12.3. The molecule has 3 heterocycles. The second-order valence-electron chi connectivity index (χ2n) is 4.89. The number of imidazole rings is 1. The zero-order chi connectivity index (χ0) is 15.7. The summed E-state index contributed by atoms with van der Waals surface area (Å²) >= 11 is 0. The first-order valence-corrected chi connectivity index (χ1v) is 6.91. The lowest BCUT2D eigenvalue weighted by Gasteiger charge is -2.03. The van der Waals surface area contributed by atoms with E-state index in [1.165, 1.54) is 4.57 Å². The van der Waals surface area contributed by atoms with Crippen LogP contribution in [0.4, 0.5) is 0 Å². The van der Waals surface area contributed by atoms with Crippen molar-refractivity contribution in [3.8, 4) is 11.1 Å². The lowest BCUT2D eigenvalue weighted by atomic mass is 10.1. The lowest BCUT2D eigenvalue weighted by molar-refractivity contribution is 0.0520. The molecular formula is C16H15N3O3. The SMILES string of the molecule is CCOC(=O)c1cn2cc(-c3ccn(C)c(=O)c3)ccc2n1. The second-order valence-corrected chi connectivity index (χ2v) is 4.89. The summed E-state index contributed by atoms with van der Waals surface area (Å²) in [6, 6.07) is 7.11. The van der Waals surface area contributed by atoms with Crippen molar-refractivity contribution in [1.29, 1.82) is 0 Å². The topological polar surface area (TPSA) is 65.6 Å². The Labute approximate surface area is 126 Å². The minimum atomic E-state index is -0.443. The Bertz CT molecular complexity index is 908. The van der Waals surface area contributed by atoms with Gasteiger partial charge in [0, 0.05) is 31.7 Å². The van der Waals surface area contributed by atoms with Crippen LogP contribution in [0.3, 0.4) is 0 Å². The van der Waals surface area contributed by atoms with E-state index in [-0.39, 0.29) is 11.3 Å². The molecule has 3 rings (SSSR count). The summed E-state index contributed by atoms with van der Waals surface area (Å²) in [5.74, 6) is -0.443. The third-order valence-electron chi connectivity index (χ3n) is 3.37. The van der Waals surface area contributed by atoms with Crippen molar-refractivity contribution in [1.82, 2.24) is 14.0 Å². The third kappa shape index (κ3) is 2.50. The number of esters is 1. The van der Waals surface area contributed by atoms with Crippen LogP contribution < -0.4 is 5.56 Å². The van der Waals surface area contributed by atoms with Gasteiger partial charge in [0.15, 0.2) is 5.69 Å². The van der Waals surface area contributed by atoms with E-state index < -0.39 is 5.97 Å². The number of ether oxygens (including phenoxy) is 1. The van der Waals surface area contributed by atoms with Crippen LogP contribution in [0.25, 0.3) is 16.8 Å². The number of nitrogens with zero attached hydrogens (tertiary/aromatic N) is 3. The van der Waals surface area contributed by atoms with Crippen molar-refractivity contribution in [3.05, 3.63) is 58.9 Å². The Balaban J connectivity index is 2.04.